The summed E-state index contributed by atoms with van der Waals surface area (Å²) < 4.78 is 1.99. The first-order chi connectivity index (χ1) is 10.3. The van der Waals surface area contributed by atoms with Crippen LogP contribution in [0.15, 0.2) is 47.5 Å². The predicted molar refractivity (Wildman–Crippen MR) is 81.1 cm³/mol. The van der Waals surface area contributed by atoms with Gasteiger partial charge < -0.3 is 4.57 Å². The predicted octanol–water partition coefficient (Wildman–Crippen LogP) is 1.86. The number of piperidine rings is 1. The quantitative estimate of drug-likeness (QED) is 0.843. The molecule has 0 amide bonds. The topological polar surface area (TPSA) is 38.1 Å². The van der Waals surface area contributed by atoms with Crippen LogP contribution < -0.4 is 5.56 Å². The Morgan fingerprint density at radius 1 is 1.14 bits per heavy atom. The molecule has 108 valence electrons. The number of likely N-dealkylation sites (tertiary alicyclic amines) is 1. The van der Waals surface area contributed by atoms with Crippen LogP contribution in [0.25, 0.3) is 0 Å². The SMILES string of the molecule is O=c1cccc2n1CC1CC2CN(Cc2cccnc2)C1. The highest BCUT2D eigenvalue weighted by molar-refractivity contribution is 5.17. The summed E-state index contributed by atoms with van der Waals surface area (Å²) >= 11 is 0. The summed E-state index contributed by atoms with van der Waals surface area (Å²) in [4.78, 5) is 18.7. The first-order valence-electron chi connectivity index (χ1n) is 7.60. The zero-order chi connectivity index (χ0) is 14.2. The molecule has 2 atom stereocenters. The first kappa shape index (κ1) is 12.8. The van der Waals surface area contributed by atoms with E-state index >= 15 is 0 Å². The van der Waals surface area contributed by atoms with E-state index < -0.39 is 0 Å². The van der Waals surface area contributed by atoms with Gasteiger partial charge in [-0.1, -0.05) is 12.1 Å². The summed E-state index contributed by atoms with van der Waals surface area (Å²) in [5.41, 5.74) is 2.64. The lowest BCUT2D eigenvalue weighted by Gasteiger charge is -2.42. The van der Waals surface area contributed by atoms with E-state index in [1.54, 1.807) is 6.07 Å². The summed E-state index contributed by atoms with van der Waals surface area (Å²) in [5.74, 6) is 1.08. The molecule has 4 heteroatoms. The number of hydrogen-bond acceptors (Lipinski definition) is 3. The lowest BCUT2D eigenvalue weighted by Crippen LogP contribution is -2.46. The third-order valence-corrected chi connectivity index (χ3v) is 4.68. The Kier molecular flexibility index (Phi) is 3.11. The van der Waals surface area contributed by atoms with E-state index in [1.807, 2.05) is 29.1 Å². The molecule has 1 saturated heterocycles. The number of hydrogen-bond donors (Lipinski definition) is 0. The van der Waals surface area contributed by atoms with Crippen molar-refractivity contribution in [2.24, 2.45) is 5.92 Å². The van der Waals surface area contributed by atoms with E-state index in [2.05, 4.69) is 22.0 Å². The van der Waals surface area contributed by atoms with Gasteiger partial charge in [0.1, 0.15) is 0 Å². The fourth-order valence-corrected chi connectivity index (χ4v) is 3.87. The molecule has 2 aromatic heterocycles. The van der Waals surface area contributed by atoms with Crippen LogP contribution in [0.2, 0.25) is 0 Å². The molecule has 2 bridgehead atoms. The van der Waals surface area contributed by atoms with Crippen molar-refractivity contribution in [3.05, 3.63) is 64.3 Å². The summed E-state index contributed by atoms with van der Waals surface area (Å²) in [6.07, 6.45) is 4.98. The third-order valence-electron chi connectivity index (χ3n) is 4.68. The van der Waals surface area contributed by atoms with Crippen LogP contribution in [0.1, 0.15) is 23.6 Å². The minimum atomic E-state index is 0.155. The average Bonchev–Trinajstić information content (AvgIpc) is 2.49. The standard InChI is InChI=1S/C17H19N3O/c21-17-5-1-4-16-15-7-14(11-20(16)17)10-19(12-15)9-13-3-2-6-18-8-13/h1-6,8,14-15H,7,9-12H2. The number of aromatic nitrogens is 2. The van der Waals surface area contributed by atoms with Crippen LogP contribution in [0.4, 0.5) is 0 Å². The van der Waals surface area contributed by atoms with Crippen molar-refractivity contribution in [2.75, 3.05) is 13.1 Å². The molecular formula is C17H19N3O. The van der Waals surface area contributed by atoms with Gasteiger partial charge >= 0.3 is 0 Å². The molecule has 4 heterocycles. The molecule has 21 heavy (non-hydrogen) atoms. The van der Waals surface area contributed by atoms with Gasteiger partial charge in [0.05, 0.1) is 0 Å². The van der Waals surface area contributed by atoms with Gasteiger partial charge in [-0.25, -0.2) is 0 Å². The Labute approximate surface area is 124 Å². The summed E-state index contributed by atoms with van der Waals surface area (Å²) in [5, 5.41) is 0. The van der Waals surface area contributed by atoms with Crippen molar-refractivity contribution in [3.8, 4) is 0 Å². The normalized spacial score (nSPS) is 24.6. The molecule has 0 aromatic carbocycles. The molecule has 2 unspecified atom stereocenters. The lowest BCUT2D eigenvalue weighted by atomic mass is 9.83. The Morgan fingerprint density at radius 2 is 2.10 bits per heavy atom. The van der Waals surface area contributed by atoms with E-state index in [-0.39, 0.29) is 5.56 Å². The third kappa shape index (κ3) is 2.40. The minimum Gasteiger partial charge on any atom is -0.312 e. The number of rotatable bonds is 2. The number of fused-ring (bicyclic) bond motifs is 4. The monoisotopic (exact) mass is 281 g/mol. The molecule has 4 nitrogen and oxygen atoms in total. The summed E-state index contributed by atoms with van der Waals surface area (Å²) in [7, 11) is 0. The largest absolute Gasteiger partial charge is 0.312 e. The van der Waals surface area contributed by atoms with E-state index in [4.69, 9.17) is 0 Å². The van der Waals surface area contributed by atoms with Crippen molar-refractivity contribution in [1.29, 1.82) is 0 Å². The van der Waals surface area contributed by atoms with Crippen molar-refractivity contribution < 1.29 is 0 Å². The van der Waals surface area contributed by atoms with Gasteiger partial charge in [-0.15, -0.1) is 0 Å². The fraction of sp³-hybridized carbons (Fsp3) is 0.412. The van der Waals surface area contributed by atoms with Crippen LogP contribution in [0, 0.1) is 5.92 Å². The molecule has 0 spiro atoms. The van der Waals surface area contributed by atoms with Crippen LogP contribution in [0.3, 0.4) is 0 Å². The van der Waals surface area contributed by atoms with Gasteiger partial charge in [0.25, 0.3) is 5.56 Å². The zero-order valence-corrected chi connectivity index (χ0v) is 12.0. The van der Waals surface area contributed by atoms with Crippen molar-refractivity contribution in [1.82, 2.24) is 14.5 Å². The first-order valence-corrected chi connectivity index (χ1v) is 7.60. The second-order valence-corrected chi connectivity index (χ2v) is 6.25. The van der Waals surface area contributed by atoms with E-state index in [9.17, 15) is 4.79 Å². The van der Waals surface area contributed by atoms with Gasteiger partial charge in [-0.3, -0.25) is 14.7 Å². The second kappa shape index (κ2) is 5.11. The number of nitrogens with zero attached hydrogens (tertiary/aromatic N) is 3. The lowest BCUT2D eigenvalue weighted by molar-refractivity contribution is 0.114. The van der Waals surface area contributed by atoms with Crippen molar-refractivity contribution >= 4 is 0 Å². The molecule has 4 rings (SSSR count). The molecule has 2 aliphatic heterocycles. The van der Waals surface area contributed by atoms with Crippen molar-refractivity contribution in [3.63, 3.8) is 0 Å². The highest BCUT2D eigenvalue weighted by atomic mass is 16.1. The van der Waals surface area contributed by atoms with E-state index in [0.717, 1.165) is 26.2 Å². The summed E-state index contributed by atoms with van der Waals surface area (Å²) in [6, 6.07) is 9.83. The van der Waals surface area contributed by atoms with Gasteiger partial charge in [-0.05, 0) is 30.0 Å². The Morgan fingerprint density at radius 3 is 2.95 bits per heavy atom. The second-order valence-electron chi connectivity index (χ2n) is 6.25. The van der Waals surface area contributed by atoms with Crippen LogP contribution in [0.5, 0.6) is 0 Å². The maximum atomic E-state index is 12.0. The Balaban J connectivity index is 1.58. The molecular weight excluding hydrogens is 262 g/mol. The number of pyridine rings is 2. The van der Waals surface area contributed by atoms with E-state index in [1.165, 1.54) is 17.7 Å². The van der Waals surface area contributed by atoms with Gasteiger partial charge in [-0.2, -0.15) is 0 Å². The Bertz CT molecular complexity index is 695. The molecule has 1 fully saturated rings. The maximum Gasteiger partial charge on any atom is 0.250 e. The minimum absolute atomic E-state index is 0.155. The van der Waals surface area contributed by atoms with Gasteiger partial charge in [0.15, 0.2) is 0 Å². The van der Waals surface area contributed by atoms with Crippen molar-refractivity contribution in [2.45, 2.75) is 25.4 Å². The summed E-state index contributed by atoms with van der Waals surface area (Å²) in [6.45, 7) is 3.94. The smallest absolute Gasteiger partial charge is 0.250 e. The fourth-order valence-electron chi connectivity index (χ4n) is 3.87. The Hall–Kier alpha value is -1.94. The van der Waals surface area contributed by atoms with Crippen LogP contribution in [-0.4, -0.2) is 27.5 Å². The highest BCUT2D eigenvalue weighted by Crippen LogP contribution is 2.35. The van der Waals surface area contributed by atoms with Gasteiger partial charge in [0.2, 0.25) is 0 Å². The highest BCUT2D eigenvalue weighted by Gasteiger charge is 2.34. The molecule has 0 aliphatic carbocycles. The molecule has 0 saturated carbocycles. The molecule has 0 radical (unpaired) electrons. The molecule has 2 aliphatic rings. The molecule has 0 N–H and O–H groups in total. The van der Waals surface area contributed by atoms with Crippen LogP contribution in [-0.2, 0) is 13.1 Å². The molecule has 2 aromatic rings. The van der Waals surface area contributed by atoms with Gasteiger partial charge in [0, 0.05) is 56.3 Å². The average molecular weight is 281 g/mol. The zero-order valence-electron chi connectivity index (χ0n) is 12.0. The maximum absolute atomic E-state index is 12.0. The van der Waals surface area contributed by atoms with E-state index in [0.29, 0.717) is 11.8 Å². The van der Waals surface area contributed by atoms with Crippen LogP contribution >= 0.6 is 0 Å².